The number of aromatic nitrogens is 2. The number of rotatable bonds is 4. The van der Waals surface area contributed by atoms with Crippen LogP contribution in [0.4, 0.5) is 11.6 Å². The van der Waals surface area contributed by atoms with Crippen molar-refractivity contribution in [3.63, 3.8) is 0 Å². The zero-order valence-electron chi connectivity index (χ0n) is 14.7. The van der Waals surface area contributed by atoms with Crippen molar-refractivity contribution in [3.8, 4) is 5.88 Å². The molecular weight excluding hydrogens is 352 g/mol. The molecule has 1 aromatic carbocycles. The maximum atomic E-state index is 13.3. The van der Waals surface area contributed by atoms with E-state index >= 15 is 0 Å². The minimum Gasteiger partial charge on any atom is -0.481 e. The molecule has 0 spiro atoms. The van der Waals surface area contributed by atoms with E-state index in [-0.39, 0.29) is 0 Å². The van der Waals surface area contributed by atoms with Crippen molar-refractivity contribution in [1.82, 2.24) is 9.97 Å². The Morgan fingerprint density at radius 3 is 2.88 bits per heavy atom. The van der Waals surface area contributed by atoms with E-state index in [4.69, 9.17) is 4.74 Å². The summed E-state index contributed by atoms with van der Waals surface area (Å²) in [6.45, 7) is 1.66. The van der Waals surface area contributed by atoms with E-state index in [0.717, 1.165) is 30.6 Å². The van der Waals surface area contributed by atoms with E-state index in [1.807, 2.05) is 29.2 Å². The van der Waals surface area contributed by atoms with Crippen LogP contribution in [0.3, 0.4) is 0 Å². The number of anilines is 2. The molecule has 1 fully saturated rings. The lowest BCUT2D eigenvalue weighted by atomic mass is 10.1. The smallest absolute Gasteiger partial charge is 0.239 e. The molecule has 1 saturated heterocycles. The molecule has 0 aliphatic carbocycles. The summed E-state index contributed by atoms with van der Waals surface area (Å²) >= 11 is 0. The highest BCUT2D eigenvalue weighted by Gasteiger charge is 2.38. The van der Waals surface area contributed by atoms with Crippen LogP contribution in [-0.4, -0.2) is 50.4 Å². The first-order valence-corrected chi connectivity index (χ1v) is 10.3. The molecule has 1 aromatic heterocycles. The number of nitrogens with zero attached hydrogens (tertiary/aromatic N) is 4. The van der Waals surface area contributed by atoms with Crippen molar-refractivity contribution < 1.29 is 13.2 Å². The molecule has 2 aliphatic heterocycles. The van der Waals surface area contributed by atoms with Gasteiger partial charge in [0.15, 0.2) is 0 Å². The first-order valence-electron chi connectivity index (χ1n) is 8.81. The van der Waals surface area contributed by atoms with Gasteiger partial charge in [0.25, 0.3) is 0 Å². The van der Waals surface area contributed by atoms with E-state index < -0.39 is 15.3 Å². The van der Waals surface area contributed by atoms with Crippen LogP contribution >= 0.6 is 0 Å². The summed E-state index contributed by atoms with van der Waals surface area (Å²) in [6.07, 6.45) is 3.85. The molecular formula is C18H22N4O3S. The summed E-state index contributed by atoms with van der Waals surface area (Å²) in [7, 11) is -1.87. The molecule has 4 rings (SSSR count). The molecule has 7 nitrogen and oxygen atoms in total. The average molecular weight is 374 g/mol. The lowest BCUT2D eigenvalue weighted by Crippen LogP contribution is -2.48. The first-order chi connectivity index (χ1) is 12.6. The van der Waals surface area contributed by atoms with Gasteiger partial charge in [0, 0.05) is 31.9 Å². The Morgan fingerprint density at radius 2 is 2.04 bits per heavy atom. The van der Waals surface area contributed by atoms with E-state index in [1.165, 1.54) is 0 Å². The number of ether oxygens (including phenoxy) is 1. The van der Waals surface area contributed by atoms with Gasteiger partial charge in [0.1, 0.15) is 0 Å². The summed E-state index contributed by atoms with van der Waals surface area (Å²) in [5.41, 5.74) is 1.92. The number of methoxy groups -OCH3 is 1. The van der Waals surface area contributed by atoms with Crippen LogP contribution in [0.25, 0.3) is 0 Å². The van der Waals surface area contributed by atoms with Gasteiger partial charge in [0.2, 0.25) is 21.9 Å². The van der Waals surface area contributed by atoms with Crippen LogP contribution in [0.5, 0.6) is 5.88 Å². The van der Waals surface area contributed by atoms with Crippen LogP contribution in [-0.2, 0) is 16.4 Å². The van der Waals surface area contributed by atoms with Gasteiger partial charge in [-0.25, -0.2) is 13.4 Å². The molecule has 2 aliphatic rings. The second-order valence-corrected chi connectivity index (χ2v) is 8.74. The average Bonchev–Trinajstić information content (AvgIpc) is 3.13. The molecule has 2 aromatic rings. The molecule has 0 amide bonds. The monoisotopic (exact) mass is 374 g/mol. The fourth-order valence-electron chi connectivity index (χ4n) is 3.71. The maximum Gasteiger partial charge on any atom is 0.239 e. The van der Waals surface area contributed by atoms with Gasteiger partial charge in [-0.2, -0.15) is 4.98 Å². The van der Waals surface area contributed by atoms with Crippen LogP contribution in [0.15, 0.2) is 36.5 Å². The first kappa shape index (κ1) is 17.1. The molecule has 1 unspecified atom stereocenters. The van der Waals surface area contributed by atoms with Gasteiger partial charge < -0.3 is 9.64 Å². The van der Waals surface area contributed by atoms with Gasteiger partial charge in [-0.05, 0) is 30.9 Å². The predicted molar refractivity (Wildman–Crippen MR) is 100 cm³/mol. The molecule has 0 bridgehead atoms. The zero-order valence-corrected chi connectivity index (χ0v) is 15.5. The summed E-state index contributed by atoms with van der Waals surface area (Å²) in [5.74, 6) is 1.000. The van der Waals surface area contributed by atoms with Crippen molar-refractivity contribution in [3.05, 3.63) is 42.1 Å². The van der Waals surface area contributed by atoms with Crippen LogP contribution < -0.4 is 13.9 Å². The third-order valence-corrected chi connectivity index (χ3v) is 7.28. The Hall–Kier alpha value is -2.35. The number of piperidine rings is 1. The topological polar surface area (TPSA) is 75.6 Å². The van der Waals surface area contributed by atoms with Crippen LogP contribution in [0.1, 0.15) is 18.4 Å². The minimum absolute atomic E-state index is 0.397. The zero-order chi connectivity index (χ0) is 18.1. The highest BCUT2D eigenvalue weighted by molar-refractivity contribution is 7.93. The van der Waals surface area contributed by atoms with Crippen molar-refractivity contribution in [2.45, 2.75) is 24.5 Å². The number of fused-ring (bicyclic) bond motifs is 1. The highest BCUT2D eigenvalue weighted by atomic mass is 32.2. The molecule has 0 saturated carbocycles. The second-order valence-electron chi connectivity index (χ2n) is 6.61. The number of sulfonamides is 1. The second kappa shape index (κ2) is 6.75. The van der Waals surface area contributed by atoms with Gasteiger partial charge >= 0.3 is 0 Å². The Bertz CT molecular complexity index is 903. The predicted octanol–water partition coefficient (Wildman–Crippen LogP) is 1.85. The Morgan fingerprint density at radius 1 is 1.19 bits per heavy atom. The summed E-state index contributed by atoms with van der Waals surface area (Å²) < 4.78 is 33.3. The van der Waals surface area contributed by atoms with Crippen LogP contribution in [0.2, 0.25) is 0 Å². The van der Waals surface area contributed by atoms with E-state index in [0.29, 0.717) is 31.3 Å². The third kappa shape index (κ3) is 2.98. The van der Waals surface area contributed by atoms with Gasteiger partial charge in [-0.3, -0.25) is 4.31 Å². The normalized spacial score (nSPS) is 20.1. The van der Waals surface area contributed by atoms with Crippen molar-refractivity contribution in [1.29, 1.82) is 0 Å². The fraction of sp³-hybridized carbons (Fsp3) is 0.444. The molecule has 0 radical (unpaired) electrons. The molecule has 26 heavy (non-hydrogen) atoms. The summed E-state index contributed by atoms with van der Waals surface area (Å²) in [6, 6.07) is 9.43. The quantitative estimate of drug-likeness (QED) is 0.813. The van der Waals surface area contributed by atoms with Gasteiger partial charge in [-0.15, -0.1) is 0 Å². The molecule has 8 heteroatoms. The Kier molecular flexibility index (Phi) is 4.44. The van der Waals surface area contributed by atoms with E-state index in [9.17, 15) is 8.42 Å². The highest BCUT2D eigenvalue weighted by Crippen LogP contribution is 2.33. The van der Waals surface area contributed by atoms with Crippen molar-refractivity contribution in [2.75, 3.05) is 35.9 Å². The molecule has 138 valence electrons. The third-order valence-electron chi connectivity index (χ3n) is 5.06. The van der Waals surface area contributed by atoms with Crippen LogP contribution in [0, 0.1) is 0 Å². The SMILES string of the molecule is COc1ccnc(N2CCCC(S(=O)(=O)N3CCc4ccccc43)C2)n1. The van der Waals surface area contributed by atoms with Crippen molar-refractivity contribution >= 4 is 21.7 Å². The lowest BCUT2D eigenvalue weighted by molar-refractivity contribution is 0.396. The van der Waals surface area contributed by atoms with Gasteiger partial charge in [-0.1, -0.05) is 18.2 Å². The maximum absolute atomic E-state index is 13.3. The van der Waals surface area contributed by atoms with E-state index in [2.05, 4.69) is 9.97 Å². The minimum atomic E-state index is -3.43. The Balaban J connectivity index is 1.57. The lowest BCUT2D eigenvalue weighted by Gasteiger charge is -2.35. The molecule has 1 atom stereocenters. The summed E-state index contributed by atoms with van der Waals surface area (Å²) in [4.78, 5) is 10.6. The molecule has 3 heterocycles. The Labute approximate surface area is 153 Å². The largest absolute Gasteiger partial charge is 0.481 e. The number of benzene rings is 1. The van der Waals surface area contributed by atoms with Crippen molar-refractivity contribution in [2.24, 2.45) is 0 Å². The number of para-hydroxylation sites is 1. The van der Waals surface area contributed by atoms with E-state index in [1.54, 1.807) is 23.7 Å². The summed E-state index contributed by atoms with van der Waals surface area (Å²) in [5, 5.41) is -0.461. The standard InChI is InChI=1S/C18H22N4O3S/c1-25-17-8-10-19-18(20-17)21-11-4-6-15(13-21)26(23,24)22-12-9-14-5-2-3-7-16(14)22/h2-3,5,7-8,10,15H,4,6,9,11-13H2,1H3. The number of hydrogen-bond donors (Lipinski definition) is 0. The fourth-order valence-corrected chi connectivity index (χ4v) is 5.70. The van der Waals surface area contributed by atoms with Gasteiger partial charge in [0.05, 0.1) is 18.0 Å². The number of hydrogen-bond acceptors (Lipinski definition) is 6. The molecule has 0 N–H and O–H groups in total.